The van der Waals surface area contributed by atoms with Gasteiger partial charge < -0.3 is 18.9 Å². The predicted molar refractivity (Wildman–Crippen MR) is 97.7 cm³/mol. The smallest absolute Gasteiger partial charge is 0.254 e. The molecular formula is C19H26N4O3. The van der Waals surface area contributed by atoms with Gasteiger partial charge >= 0.3 is 0 Å². The summed E-state index contributed by atoms with van der Waals surface area (Å²) >= 11 is 0. The molecule has 1 unspecified atom stereocenters. The molecule has 0 saturated carbocycles. The third-order valence-corrected chi connectivity index (χ3v) is 4.60. The molecule has 1 saturated heterocycles. The fourth-order valence-corrected chi connectivity index (χ4v) is 3.34. The molecule has 1 aromatic heterocycles. The monoisotopic (exact) mass is 358 g/mol. The van der Waals surface area contributed by atoms with Crippen LogP contribution in [-0.4, -0.2) is 51.9 Å². The molecule has 2 heterocycles. The van der Waals surface area contributed by atoms with E-state index in [0.717, 1.165) is 25.2 Å². The number of carbonyl (C=O) groups is 1. The van der Waals surface area contributed by atoms with Crippen molar-refractivity contribution in [2.75, 3.05) is 26.3 Å². The van der Waals surface area contributed by atoms with Gasteiger partial charge in [0.1, 0.15) is 12.2 Å². The number of aromatic nitrogens is 3. The summed E-state index contributed by atoms with van der Waals surface area (Å²) in [6.45, 7) is 8.38. The summed E-state index contributed by atoms with van der Waals surface area (Å²) in [5.74, 6) is 2.26. The molecule has 140 valence electrons. The van der Waals surface area contributed by atoms with Crippen LogP contribution in [0.3, 0.4) is 0 Å². The summed E-state index contributed by atoms with van der Waals surface area (Å²) in [4.78, 5) is 14.8. The van der Waals surface area contributed by atoms with Crippen LogP contribution in [0.1, 0.15) is 49.4 Å². The standard InChI is InChI=1S/C19H26N4O3/c1-4-18-21-20-13-23(18)15-9-10-22(12-15)19(24)14-7-8-16(25-5-2)17(11-14)26-6-3/h7-8,11,13,15H,4-6,9-10,12H2,1-3H3. The Balaban J connectivity index is 1.74. The molecular weight excluding hydrogens is 332 g/mol. The van der Waals surface area contributed by atoms with E-state index < -0.39 is 0 Å². The highest BCUT2D eigenvalue weighted by Gasteiger charge is 2.29. The Kier molecular flexibility index (Phi) is 5.75. The van der Waals surface area contributed by atoms with Crippen LogP contribution >= 0.6 is 0 Å². The number of ether oxygens (including phenoxy) is 2. The number of nitrogens with zero attached hydrogens (tertiary/aromatic N) is 4. The van der Waals surface area contributed by atoms with Gasteiger partial charge in [0.05, 0.1) is 19.3 Å². The second-order valence-corrected chi connectivity index (χ2v) is 6.23. The third kappa shape index (κ3) is 3.66. The van der Waals surface area contributed by atoms with Crippen LogP contribution in [0.25, 0.3) is 0 Å². The lowest BCUT2D eigenvalue weighted by molar-refractivity contribution is 0.0787. The number of amides is 1. The lowest BCUT2D eigenvalue weighted by Gasteiger charge is -2.19. The van der Waals surface area contributed by atoms with Gasteiger partial charge in [-0.25, -0.2) is 0 Å². The zero-order valence-corrected chi connectivity index (χ0v) is 15.6. The highest BCUT2D eigenvalue weighted by molar-refractivity contribution is 5.95. The Hall–Kier alpha value is -2.57. The first-order valence-electron chi connectivity index (χ1n) is 9.25. The molecule has 0 bridgehead atoms. The van der Waals surface area contributed by atoms with E-state index in [1.54, 1.807) is 18.5 Å². The molecule has 1 atom stereocenters. The molecule has 0 radical (unpaired) electrons. The van der Waals surface area contributed by atoms with Gasteiger partial charge in [0.15, 0.2) is 11.5 Å². The second kappa shape index (κ2) is 8.21. The van der Waals surface area contributed by atoms with Gasteiger partial charge in [0.25, 0.3) is 5.91 Å². The fraction of sp³-hybridized carbons (Fsp3) is 0.526. The van der Waals surface area contributed by atoms with Crippen molar-refractivity contribution in [1.82, 2.24) is 19.7 Å². The van der Waals surface area contributed by atoms with Gasteiger partial charge in [-0.3, -0.25) is 4.79 Å². The summed E-state index contributed by atoms with van der Waals surface area (Å²) in [6, 6.07) is 5.63. The maximum Gasteiger partial charge on any atom is 0.254 e. The van der Waals surface area contributed by atoms with Crippen molar-refractivity contribution in [2.24, 2.45) is 0 Å². The number of likely N-dealkylation sites (tertiary alicyclic amines) is 1. The third-order valence-electron chi connectivity index (χ3n) is 4.60. The first kappa shape index (κ1) is 18.2. The number of rotatable bonds is 7. The van der Waals surface area contributed by atoms with Crippen LogP contribution in [0.2, 0.25) is 0 Å². The number of carbonyl (C=O) groups excluding carboxylic acids is 1. The number of aryl methyl sites for hydroxylation is 1. The van der Waals surface area contributed by atoms with Crippen LogP contribution < -0.4 is 9.47 Å². The van der Waals surface area contributed by atoms with Crippen molar-refractivity contribution < 1.29 is 14.3 Å². The van der Waals surface area contributed by atoms with E-state index >= 15 is 0 Å². The van der Waals surface area contributed by atoms with Crippen LogP contribution in [-0.2, 0) is 6.42 Å². The van der Waals surface area contributed by atoms with Crippen molar-refractivity contribution in [1.29, 1.82) is 0 Å². The van der Waals surface area contributed by atoms with Gasteiger partial charge in [-0.05, 0) is 38.5 Å². The topological polar surface area (TPSA) is 69.5 Å². The van der Waals surface area contributed by atoms with Gasteiger partial charge in [0.2, 0.25) is 0 Å². The van der Waals surface area contributed by atoms with E-state index in [2.05, 4.69) is 21.7 Å². The van der Waals surface area contributed by atoms with Gasteiger partial charge in [-0.1, -0.05) is 6.92 Å². The average Bonchev–Trinajstić information content (AvgIpc) is 3.31. The Labute approximate surface area is 153 Å². The summed E-state index contributed by atoms with van der Waals surface area (Å²) in [5.41, 5.74) is 0.622. The first-order valence-corrected chi connectivity index (χ1v) is 9.25. The highest BCUT2D eigenvalue weighted by atomic mass is 16.5. The van der Waals surface area contributed by atoms with Gasteiger partial charge in [0, 0.05) is 25.1 Å². The average molecular weight is 358 g/mol. The zero-order valence-electron chi connectivity index (χ0n) is 15.6. The van der Waals surface area contributed by atoms with Crippen molar-refractivity contribution >= 4 is 5.91 Å². The van der Waals surface area contributed by atoms with E-state index in [4.69, 9.17) is 9.47 Å². The molecule has 1 aliphatic rings. The van der Waals surface area contributed by atoms with Crippen molar-refractivity contribution in [2.45, 2.75) is 39.7 Å². The van der Waals surface area contributed by atoms with E-state index in [9.17, 15) is 4.79 Å². The highest BCUT2D eigenvalue weighted by Crippen LogP contribution is 2.30. The van der Waals surface area contributed by atoms with Crippen LogP contribution in [0.5, 0.6) is 11.5 Å². The fourth-order valence-electron chi connectivity index (χ4n) is 3.34. The Morgan fingerprint density at radius 2 is 1.96 bits per heavy atom. The normalized spacial score (nSPS) is 16.7. The quantitative estimate of drug-likeness (QED) is 0.761. The molecule has 2 aromatic rings. The molecule has 7 heteroatoms. The Bertz CT molecular complexity index is 759. The lowest BCUT2D eigenvalue weighted by Crippen LogP contribution is -2.29. The minimum atomic E-state index is 0.0163. The minimum Gasteiger partial charge on any atom is -0.490 e. The summed E-state index contributed by atoms with van der Waals surface area (Å²) < 4.78 is 13.3. The molecule has 0 spiro atoms. The van der Waals surface area contributed by atoms with Crippen molar-refractivity contribution in [3.05, 3.63) is 35.9 Å². The minimum absolute atomic E-state index is 0.0163. The maximum atomic E-state index is 12.9. The summed E-state index contributed by atoms with van der Waals surface area (Å²) in [7, 11) is 0. The van der Waals surface area contributed by atoms with Gasteiger partial charge in [-0.15, -0.1) is 10.2 Å². The first-order chi connectivity index (χ1) is 12.7. The zero-order chi connectivity index (χ0) is 18.5. The predicted octanol–water partition coefficient (Wildman–Crippen LogP) is 2.73. The SMILES string of the molecule is CCOc1ccc(C(=O)N2CCC(n3cnnc3CC)C2)cc1OCC. The van der Waals surface area contributed by atoms with E-state index in [0.29, 0.717) is 36.8 Å². The number of benzene rings is 1. The molecule has 1 aromatic carbocycles. The number of hydrogen-bond acceptors (Lipinski definition) is 5. The molecule has 0 N–H and O–H groups in total. The van der Waals surface area contributed by atoms with Crippen molar-refractivity contribution in [3.63, 3.8) is 0 Å². The second-order valence-electron chi connectivity index (χ2n) is 6.23. The van der Waals surface area contributed by atoms with Crippen LogP contribution in [0.15, 0.2) is 24.5 Å². The van der Waals surface area contributed by atoms with Crippen LogP contribution in [0.4, 0.5) is 0 Å². The summed E-state index contributed by atoms with van der Waals surface area (Å²) in [6.07, 6.45) is 3.51. The Morgan fingerprint density at radius 1 is 1.19 bits per heavy atom. The molecule has 1 aliphatic heterocycles. The summed E-state index contributed by atoms with van der Waals surface area (Å²) in [5, 5.41) is 8.15. The lowest BCUT2D eigenvalue weighted by atomic mass is 10.1. The van der Waals surface area contributed by atoms with Crippen molar-refractivity contribution in [3.8, 4) is 11.5 Å². The molecule has 0 aliphatic carbocycles. The van der Waals surface area contributed by atoms with Gasteiger partial charge in [-0.2, -0.15) is 0 Å². The maximum absolute atomic E-state index is 12.9. The van der Waals surface area contributed by atoms with E-state index in [1.165, 1.54) is 0 Å². The molecule has 26 heavy (non-hydrogen) atoms. The largest absolute Gasteiger partial charge is 0.490 e. The van der Waals surface area contributed by atoms with E-state index in [-0.39, 0.29) is 11.9 Å². The van der Waals surface area contributed by atoms with E-state index in [1.807, 2.05) is 24.8 Å². The molecule has 1 amide bonds. The molecule has 7 nitrogen and oxygen atoms in total. The molecule has 3 rings (SSSR count). The molecule has 1 fully saturated rings. The number of hydrogen-bond donors (Lipinski definition) is 0. The Morgan fingerprint density at radius 3 is 2.69 bits per heavy atom. The van der Waals surface area contributed by atoms with Crippen LogP contribution in [0, 0.1) is 0 Å².